The number of nitrogens with two attached hydrogens (primary N) is 1. The number of aliphatic hydroxyl groups excluding tert-OH is 1. The molecule has 0 radical (unpaired) electrons. The molecule has 0 aliphatic heterocycles. The maximum absolute atomic E-state index is 10.2. The molecule has 4 aliphatic rings. The van der Waals surface area contributed by atoms with E-state index in [0.717, 1.165) is 13.0 Å². The standard InChI is InChI=1S/C30H51NO/c1-21(2)22-11-13-30(7)25(28(22,5)12-8-18-31)10-9-23-24-19-26(3,20-32)14-15-27(24,4)16-17-29(23,30)6/h9,22,24-25,32H,1,8,10-20,31H2,2-7H3/t22-,24-,25+,26-,27+,28-,29+,30+/m0/s1. The monoisotopic (exact) mass is 441 g/mol. The van der Waals surface area contributed by atoms with Crippen molar-refractivity contribution in [1.82, 2.24) is 0 Å². The van der Waals surface area contributed by atoms with E-state index < -0.39 is 0 Å². The third-order valence-corrected chi connectivity index (χ3v) is 12.1. The molecule has 0 heterocycles. The fourth-order valence-electron chi connectivity index (χ4n) is 9.57. The summed E-state index contributed by atoms with van der Waals surface area (Å²) in [6.45, 7) is 20.6. The van der Waals surface area contributed by atoms with Gasteiger partial charge in [0, 0.05) is 6.61 Å². The van der Waals surface area contributed by atoms with Crippen LogP contribution in [0, 0.1) is 44.8 Å². The highest BCUT2D eigenvalue weighted by molar-refractivity contribution is 5.33. The lowest BCUT2D eigenvalue weighted by atomic mass is 9.35. The van der Waals surface area contributed by atoms with Gasteiger partial charge in [-0.3, -0.25) is 0 Å². The Morgan fingerprint density at radius 1 is 1.09 bits per heavy atom. The molecule has 32 heavy (non-hydrogen) atoms. The van der Waals surface area contributed by atoms with E-state index in [4.69, 9.17) is 5.73 Å². The average molecular weight is 442 g/mol. The van der Waals surface area contributed by atoms with Gasteiger partial charge >= 0.3 is 0 Å². The van der Waals surface area contributed by atoms with Gasteiger partial charge in [-0.25, -0.2) is 0 Å². The first kappa shape index (κ1) is 24.5. The Labute approximate surface area is 198 Å². The summed E-state index contributed by atoms with van der Waals surface area (Å²) in [5.74, 6) is 1.95. The van der Waals surface area contributed by atoms with Crippen molar-refractivity contribution in [1.29, 1.82) is 0 Å². The molecule has 4 aliphatic carbocycles. The first-order valence-electron chi connectivity index (χ1n) is 13.6. The third kappa shape index (κ3) is 3.33. The zero-order valence-corrected chi connectivity index (χ0v) is 22.0. The third-order valence-electron chi connectivity index (χ3n) is 12.1. The first-order valence-corrected chi connectivity index (χ1v) is 13.6. The molecule has 4 rings (SSSR count). The Morgan fingerprint density at radius 3 is 2.41 bits per heavy atom. The molecule has 0 saturated heterocycles. The molecule has 182 valence electrons. The Hall–Kier alpha value is -0.600. The predicted molar refractivity (Wildman–Crippen MR) is 136 cm³/mol. The number of hydrogen-bond acceptors (Lipinski definition) is 2. The van der Waals surface area contributed by atoms with Crippen molar-refractivity contribution in [3.05, 3.63) is 23.8 Å². The van der Waals surface area contributed by atoms with E-state index in [0.29, 0.717) is 35.2 Å². The second-order valence-corrected chi connectivity index (χ2v) is 13.9. The largest absolute Gasteiger partial charge is 0.396 e. The van der Waals surface area contributed by atoms with Crippen molar-refractivity contribution < 1.29 is 5.11 Å². The lowest BCUT2D eigenvalue weighted by Gasteiger charge is -2.69. The van der Waals surface area contributed by atoms with Gasteiger partial charge < -0.3 is 10.8 Å². The summed E-state index contributed by atoms with van der Waals surface area (Å²) in [4.78, 5) is 0. The summed E-state index contributed by atoms with van der Waals surface area (Å²) in [5, 5.41) is 10.2. The highest BCUT2D eigenvalue weighted by atomic mass is 16.3. The van der Waals surface area contributed by atoms with Crippen LogP contribution in [0.1, 0.15) is 106 Å². The lowest BCUT2D eigenvalue weighted by molar-refractivity contribution is -0.142. The van der Waals surface area contributed by atoms with Crippen LogP contribution in [0.2, 0.25) is 0 Å². The van der Waals surface area contributed by atoms with Crippen LogP contribution in [0.3, 0.4) is 0 Å². The second kappa shape index (κ2) is 7.98. The van der Waals surface area contributed by atoms with Crippen molar-refractivity contribution in [2.75, 3.05) is 13.2 Å². The number of fused-ring (bicyclic) bond motifs is 5. The zero-order chi connectivity index (χ0) is 23.6. The topological polar surface area (TPSA) is 46.2 Å². The van der Waals surface area contributed by atoms with E-state index >= 15 is 0 Å². The summed E-state index contributed by atoms with van der Waals surface area (Å²) in [7, 11) is 0. The van der Waals surface area contributed by atoms with Crippen LogP contribution in [0.4, 0.5) is 0 Å². The van der Waals surface area contributed by atoms with Gasteiger partial charge in [0.1, 0.15) is 0 Å². The molecule has 0 aromatic heterocycles. The molecule has 0 aromatic carbocycles. The molecule has 2 heteroatoms. The van der Waals surface area contributed by atoms with Crippen LogP contribution in [-0.2, 0) is 0 Å². The SMILES string of the molecule is C=C(C)[C@@H]1CC[C@]2(C)[C@H](CC=C3[C@@H]4C[C@@](C)(CO)CC[C@]4(C)CC[C@]32C)[C@@]1(C)CCCN. The minimum absolute atomic E-state index is 0.0915. The van der Waals surface area contributed by atoms with E-state index in [1.807, 2.05) is 0 Å². The highest BCUT2D eigenvalue weighted by Crippen LogP contribution is 2.74. The summed E-state index contributed by atoms with van der Waals surface area (Å²) in [5.41, 5.74) is 10.6. The van der Waals surface area contributed by atoms with Crippen molar-refractivity contribution in [2.45, 2.75) is 106 Å². The first-order chi connectivity index (χ1) is 14.9. The van der Waals surface area contributed by atoms with E-state index in [2.05, 4.69) is 54.2 Å². The van der Waals surface area contributed by atoms with E-state index in [-0.39, 0.29) is 16.2 Å². The van der Waals surface area contributed by atoms with Gasteiger partial charge in [0.15, 0.2) is 0 Å². The highest BCUT2D eigenvalue weighted by Gasteiger charge is 2.65. The molecule has 0 unspecified atom stereocenters. The molecule has 8 atom stereocenters. The average Bonchev–Trinajstić information content (AvgIpc) is 2.74. The van der Waals surface area contributed by atoms with Gasteiger partial charge in [0.25, 0.3) is 0 Å². The van der Waals surface area contributed by atoms with Crippen LogP contribution < -0.4 is 5.73 Å². The van der Waals surface area contributed by atoms with Crippen molar-refractivity contribution in [3.63, 3.8) is 0 Å². The summed E-state index contributed by atoms with van der Waals surface area (Å²) in [6.07, 6.45) is 15.2. The lowest BCUT2D eigenvalue weighted by Crippen LogP contribution is -2.61. The molecule has 3 N–H and O–H groups in total. The molecule has 3 fully saturated rings. The molecule has 0 aromatic rings. The number of allylic oxidation sites excluding steroid dienone is 3. The van der Waals surface area contributed by atoms with Crippen molar-refractivity contribution >= 4 is 0 Å². The Kier molecular flexibility index (Phi) is 6.11. The van der Waals surface area contributed by atoms with Crippen LogP contribution in [0.5, 0.6) is 0 Å². The van der Waals surface area contributed by atoms with Crippen LogP contribution in [-0.4, -0.2) is 18.3 Å². The van der Waals surface area contributed by atoms with Gasteiger partial charge in [-0.2, -0.15) is 0 Å². The van der Waals surface area contributed by atoms with Crippen LogP contribution in [0.25, 0.3) is 0 Å². The summed E-state index contributed by atoms with van der Waals surface area (Å²) in [6, 6.07) is 0. The smallest absolute Gasteiger partial charge is 0.0484 e. The van der Waals surface area contributed by atoms with Gasteiger partial charge in [0.2, 0.25) is 0 Å². The van der Waals surface area contributed by atoms with Gasteiger partial charge in [-0.1, -0.05) is 58.4 Å². The Balaban J connectivity index is 1.77. The maximum Gasteiger partial charge on any atom is 0.0484 e. The van der Waals surface area contributed by atoms with Crippen molar-refractivity contribution in [2.24, 2.45) is 50.6 Å². The van der Waals surface area contributed by atoms with Crippen LogP contribution >= 0.6 is 0 Å². The van der Waals surface area contributed by atoms with Gasteiger partial charge in [-0.05, 0) is 123 Å². The Bertz CT molecular complexity index is 786. The number of rotatable bonds is 5. The Morgan fingerprint density at radius 2 is 1.78 bits per heavy atom. The molecular formula is C30H51NO. The number of aliphatic hydroxyl groups is 1. The molecule has 2 nitrogen and oxygen atoms in total. The molecule has 0 amide bonds. The molecule has 0 bridgehead atoms. The van der Waals surface area contributed by atoms with Gasteiger partial charge in [0.05, 0.1) is 0 Å². The molecular weight excluding hydrogens is 390 g/mol. The van der Waals surface area contributed by atoms with Gasteiger partial charge in [-0.15, -0.1) is 0 Å². The molecule has 0 spiro atoms. The van der Waals surface area contributed by atoms with Crippen molar-refractivity contribution in [3.8, 4) is 0 Å². The minimum atomic E-state index is 0.0915. The predicted octanol–water partition coefficient (Wildman–Crippen LogP) is 7.28. The number of hydrogen-bond donors (Lipinski definition) is 2. The zero-order valence-electron chi connectivity index (χ0n) is 22.0. The summed E-state index contributed by atoms with van der Waals surface area (Å²) < 4.78 is 0. The minimum Gasteiger partial charge on any atom is -0.396 e. The van der Waals surface area contributed by atoms with E-state index in [1.54, 1.807) is 5.57 Å². The van der Waals surface area contributed by atoms with E-state index in [1.165, 1.54) is 63.4 Å². The van der Waals surface area contributed by atoms with Crippen LogP contribution in [0.15, 0.2) is 23.8 Å². The maximum atomic E-state index is 10.2. The summed E-state index contributed by atoms with van der Waals surface area (Å²) >= 11 is 0. The quantitative estimate of drug-likeness (QED) is 0.440. The van der Waals surface area contributed by atoms with E-state index in [9.17, 15) is 5.11 Å². The normalized spacial score (nSPS) is 50.6. The fourth-order valence-corrected chi connectivity index (χ4v) is 9.57. The fraction of sp³-hybridized carbons (Fsp3) is 0.867. The molecule has 3 saturated carbocycles. The second-order valence-electron chi connectivity index (χ2n) is 13.9.